The van der Waals surface area contributed by atoms with Crippen LogP contribution in [0.3, 0.4) is 0 Å². The highest BCUT2D eigenvalue weighted by atomic mass is 19.4. The van der Waals surface area contributed by atoms with Gasteiger partial charge in [-0.2, -0.15) is 18.2 Å². The molecular formula is C30H33F3N8O2. The lowest BCUT2D eigenvalue weighted by atomic mass is 10.2. The largest absolute Gasteiger partial charge is 0.494 e. The van der Waals surface area contributed by atoms with Gasteiger partial charge in [0.15, 0.2) is 0 Å². The van der Waals surface area contributed by atoms with E-state index < -0.39 is 11.7 Å². The Morgan fingerprint density at radius 3 is 2.53 bits per heavy atom. The fourth-order valence-electron chi connectivity index (χ4n) is 4.69. The van der Waals surface area contributed by atoms with E-state index >= 15 is 0 Å². The minimum absolute atomic E-state index is 0.140. The average Bonchev–Trinajstić information content (AvgIpc) is 3.75. The molecule has 1 aliphatic rings. The molecule has 0 aliphatic heterocycles. The second-order valence-electron chi connectivity index (χ2n) is 10.6. The van der Waals surface area contributed by atoms with E-state index in [1.54, 1.807) is 22.8 Å². The van der Waals surface area contributed by atoms with Crippen molar-refractivity contribution >= 4 is 40.0 Å². The molecule has 2 aromatic carbocycles. The van der Waals surface area contributed by atoms with Crippen LogP contribution in [-0.2, 0) is 11.0 Å². The molecule has 0 spiro atoms. The van der Waals surface area contributed by atoms with E-state index in [1.807, 2.05) is 26.0 Å². The van der Waals surface area contributed by atoms with Crippen LogP contribution in [0.25, 0.3) is 16.9 Å². The lowest BCUT2D eigenvalue weighted by molar-refractivity contribution is -0.137. The van der Waals surface area contributed by atoms with E-state index in [0.29, 0.717) is 46.3 Å². The van der Waals surface area contributed by atoms with Crippen LogP contribution in [0.2, 0.25) is 0 Å². The molecule has 13 heteroatoms. The number of carbonyl (C=O) groups is 1. The molecule has 10 nitrogen and oxygen atoms in total. The van der Waals surface area contributed by atoms with Gasteiger partial charge in [-0.3, -0.25) is 9.36 Å². The maximum absolute atomic E-state index is 13.6. The smallest absolute Gasteiger partial charge is 0.416 e. The number of nitrogens with one attached hydrogen (secondary N) is 2. The highest BCUT2D eigenvalue weighted by Gasteiger charge is 2.34. The van der Waals surface area contributed by atoms with Crippen LogP contribution in [-0.4, -0.2) is 71.7 Å². The zero-order chi connectivity index (χ0) is 30.9. The number of hydrogen-bond donors (Lipinski definition) is 2. The zero-order valence-corrected chi connectivity index (χ0v) is 24.4. The van der Waals surface area contributed by atoms with Crippen LogP contribution in [0.5, 0.6) is 5.75 Å². The Balaban J connectivity index is 1.55. The lowest BCUT2D eigenvalue weighted by Crippen LogP contribution is -2.29. The number of anilines is 4. The second-order valence-corrected chi connectivity index (χ2v) is 10.6. The molecule has 4 aromatic rings. The van der Waals surface area contributed by atoms with Gasteiger partial charge < -0.3 is 25.2 Å². The molecule has 2 aromatic heterocycles. The Hall–Kier alpha value is -4.65. The number of likely N-dealkylation sites (N-methyl/N-ethyl adjacent to an activating group) is 2. The first-order valence-corrected chi connectivity index (χ1v) is 13.7. The van der Waals surface area contributed by atoms with Crippen LogP contribution in [0, 0.1) is 0 Å². The molecule has 1 amide bonds. The Kier molecular flexibility index (Phi) is 8.27. The molecule has 0 saturated heterocycles. The summed E-state index contributed by atoms with van der Waals surface area (Å²) in [6.07, 6.45) is 0.0137. The number of hydrogen-bond acceptors (Lipinski definition) is 8. The molecule has 5 rings (SSSR count). The number of imidazole rings is 1. The van der Waals surface area contributed by atoms with Crippen molar-refractivity contribution in [3.63, 3.8) is 0 Å². The van der Waals surface area contributed by atoms with Crippen molar-refractivity contribution in [3.05, 3.63) is 66.6 Å². The standard InChI is InChI=1S/C30H33F3N8O2/c1-6-27(42)35-21-16-22(25(43-5)17-23(21)40(4)14-13-39(2)3)37-29-34-12-11-26(38-29)41-24-15-19(30(31,32)33)9-10-20(24)36-28(41)18-7-8-18/h6,9-12,15-18H,1,7-8,13-14H2,2-5H3,(H,35,42)(H,34,37,38). The number of benzene rings is 2. The van der Waals surface area contributed by atoms with Crippen LogP contribution in [0.15, 0.2) is 55.3 Å². The number of rotatable bonds is 11. The molecule has 226 valence electrons. The summed E-state index contributed by atoms with van der Waals surface area (Å²) < 4.78 is 48.1. The number of alkyl halides is 3. The van der Waals surface area contributed by atoms with E-state index in [4.69, 9.17) is 4.74 Å². The Bertz CT molecular complexity index is 1660. The summed E-state index contributed by atoms with van der Waals surface area (Å²) >= 11 is 0. The van der Waals surface area contributed by atoms with Crippen molar-refractivity contribution in [3.8, 4) is 11.6 Å². The van der Waals surface area contributed by atoms with Crippen molar-refractivity contribution in [2.75, 3.05) is 56.9 Å². The third-order valence-corrected chi connectivity index (χ3v) is 7.12. The summed E-state index contributed by atoms with van der Waals surface area (Å²) in [6.45, 7) is 5.02. The molecule has 1 aliphatic carbocycles. The van der Waals surface area contributed by atoms with Crippen molar-refractivity contribution in [1.82, 2.24) is 24.4 Å². The summed E-state index contributed by atoms with van der Waals surface area (Å²) in [5.74, 6) is 1.45. The van der Waals surface area contributed by atoms with E-state index in [2.05, 4.69) is 37.1 Å². The van der Waals surface area contributed by atoms with Gasteiger partial charge in [-0.1, -0.05) is 6.58 Å². The van der Waals surface area contributed by atoms with Crippen molar-refractivity contribution in [1.29, 1.82) is 0 Å². The maximum Gasteiger partial charge on any atom is 0.416 e. The van der Waals surface area contributed by atoms with E-state index in [1.165, 1.54) is 25.4 Å². The van der Waals surface area contributed by atoms with Gasteiger partial charge in [0.1, 0.15) is 17.4 Å². The van der Waals surface area contributed by atoms with Crippen molar-refractivity contribution in [2.24, 2.45) is 0 Å². The summed E-state index contributed by atoms with van der Waals surface area (Å²) in [7, 11) is 7.40. The lowest BCUT2D eigenvalue weighted by Gasteiger charge is -2.26. The molecule has 0 unspecified atom stereocenters. The van der Waals surface area contributed by atoms with Crippen molar-refractivity contribution < 1.29 is 22.7 Å². The first-order valence-electron chi connectivity index (χ1n) is 13.7. The predicted octanol–water partition coefficient (Wildman–Crippen LogP) is 5.59. The summed E-state index contributed by atoms with van der Waals surface area (Å²) in [5, 5.41) is 6.01. The summed E-state index contributed by atoms with van der Waals surface area (Å²) in [5.41, 5.74) is 1.74. The number of carbonyl (C=O) groups excluding carboxylic acids is 1. The molecule has 0 atom stereocenters. The molecular weight excluding hydrogens is 561 g/mol. The number of fused-ring (bicyclic) bond motifs is 1. The number of methoxy groups -OCH3 is 1. The third-order valence-electron chi connectivity index (χ3n) is 7.12. The van der Waals surface area contributed by atoms with Gasteiger partial charge in [0.25, 0.3) is 0 Å². The molecule has 43 heavy (non-hydrogen) atoms. The number of ether oxygens (including phenoxy) is 1. The van der Waals surface area contributed by atoms with Crippen LogP contribution >= 0.6 is 0 Å². The number of nitrogens with zero attached hydrogens (tertiary/aromatic N) is 6. The third kappa shape index (κ3) is 6.56. The van der Waals surface area contributed by atoms with Crippen molar-refractivity contribution in [2.45, 2.75) is 24.9 Å². The molecule has 1 fully saturated rings. The molecule has 0 radical (unpaired) electrons. The predicted molar refractivity (Wildman–Crippen MR) is 161 cm³/mol. The summed E-state index contributed by atoms with van der Waals surface area (Å²) in [4.78, 5) is 30.0. The average molecular weight is 595 g/mol. The minimum atomic E-state index is -4.50. The topological polar surface area (TPSA) is 100 Å². The summed E-state index contributed by atoms with van der Waals surface area (Å²) in [6, 6.07) is 8.69. The van der Waals surface area contributed by atoms with Gasteiger partial charge in [-0.05, 0) is 63.3 Å². The molecule has 2 N–H and O–H groups in total. The van der Waals surface area contributed by atoms with Crippen LogP contribution in [0.1, 0.15) is 30.1 Å². The Morgan fingerprint density at radius 2 is 1.88 bits per heavy atom. The fourth-order valence-corrected chi connectivity index (χ4v) is 4.69. The van der Waals surface area contributed by atoms with Crippen LogP contribution < -0.4 is 20.3 Å². The second kappa shape index (κ2) is 11.9. The molecule has 2 heterocycles. The van der Waals surface area contributed by atoms with Crippen LogP contribution in [0.4, 0.5) is 36.2 Å². The maximum atomic E-state index is 13.6. The van der Waals surface area contributed by atoms with Gasteiger partial charge in [-0.25, -0.2) is 9.97 Å². The number of halogens is 3. The highest BCUT2D eigenvalue weighted by molar-refractivity contribution is 6.02. The Labute approximate surface area is 247 Å². The minimum Gasteiger partial charge on any atom is -0.494 e. The zero-order valence-electron chi connectivity index (χ0n) is 24.4. The SMILES string of the molecule is C=CC(=O)Nc1cc(Nc2nccc(-n3c(C4CC4)nc4ccc(C(F)(F)F)cc43)n2)c(OC)cc1N(C)CCN(C)C. The van der Waals surface area contributed by atoms with E-state index in [0.717, 1.165) is 37.2 Å². The van der Waals surface area contributed by atoms with Gasteiger partial charge in [-0.15, -0.1) is 0 Å². The monoisotopic (exact) mass is 594 g/mol. The Morgan fingerprint density at radius 1 is 1.12 bits per heavy atom. The van der Waals surface area contributed by atoms with Gasteiger partial charge >= 0.3 is 6.18 Å². The van der Waals surface area contributed by atoms with Gasteiger partial charge in [0.05, 0.1) is 40.8 Å². The molecule has 0 bridgehead atoms. The number of amides is 1. The fraction of sp³-hybridized carbons (Fsp3) is 0.333. The van der Waals surface area contributed by atoms with Gasteiger partial charge in [0, 0.05) is 38.3 Å². The van der Waals surface area contributed by atoms with E-state index in [-0.39, 0.29) is 17.8 Å². The van der Waals surface area contributed by atoms with Gasteiger partial charge in [0.2, 0.25) is 11.9 Å². The number of aromatic nitrogens is 4. The normalized spacial score (nSPS) is 13.3. The molecule has 1 saturated carbocycles. The first-order chi connectivity index (χ1) is 20.5. The highest BCUT2D eigenvalue weighted by Crippen LogP contribution is 2.43. The first kappa shape index (κ1) is 29.8. The van der Waals surface area contributed by atoms with E-state index in [9.17, 15) is 18.0 Å². The quantitative estimate of drug-likeness (QED) is 0.217.